The molecule has 0 heterocycles. The molecule has 0 radical (unpaired) electrons. The van der Waals surface area contributed by atoms with Crippen molar-refractivity contribution in [2.24, 2.45) is 5.92 Å². The fourth-order valence-corrected chi connectivity index (χ4v) is 1.90. The third-order valence-electron chi connectivity index (χ3n) is 2.63. The Balaban J connectivity index is 2.51. The first kappa shape index (κ1) is 11.2. The first-order valence-corrected chi connectivity index (χ1v) is 5.28. The van der Waals surface area contributed by atoms with Gasteiger partial charge in [-0.2, -0.15) is 0 Å². The van der Waals surface area contributed by atoms with E-state index in [1.807, 2.05) is 14.0 Å². The van der Waals surface area contributed by atoms with Crippen LogP contribution in [0.3, 0.4) is 0 Å². The van der Waals surface area contributed by atoms with Gasteiger partial charge in [0.25, 0.3) is 0 Å². The molecule has 0 aliphatic heterocycles. The standard InChI is InChI=1S/C11H19NO2/c1-3-14-11(13)10(12-2)9-7-5-4-6-8-9/h4-5,9-10,12H,3,6-8H2,1-2H3. The molecule has 1 N–H and O–H groups in total. The van der Waals surface area contributed by atoms with Crippen LogP contribution in [0.1, 0.15) is 26.2 Å². The van der Waals surface area contributed by atoms with Crippen molar-refractivity contribution in [3.8, 4) is 0 Å². The molecule has 0 fully saturated rings. The van der Waals surface area contributed by atoms with Crippen molar-refractivity contribution in [2.45, 2.75) is 32.2 Å². The zero-order valence-corrected chi connectivity index (χ0v) is 8.95. The molecule has 14 heavy (non-hydrogen) atoms. The predicted octanol–water partition coefficient (Wildman–Crippen LogP) is 1.49. The molecule has 0 bridgehead atoms. The van der Waals surface area contributed by atoms with Gasteiger partial charge in [0, 0.05) is 0 Å². The van der Waals surface area contributed by atoms with Crippen LogP contribution in [0.4, 0.5) is 0 Å². The van der Waals surface area contributed by atoms with Crippen molar-refractivity contribution in [2.75, 3.05) is 13.7 Å². The van der Waals surface area contributed by atoms with E-state index in [-0.39, 0.29) is 12.0 Å². The average molecular weight is 197 g/mol. The highest BCUT2D eigenvalue weighted by molar-refractivity contribution is 5.76. The molecule has 0 aromatic heterocycles. The van der Waals surface area contributed by atoms with E-state index in [1.165, 1.54) is 0 Å². The predicted molar refractivity (Wildman–Crippen MR) is 56.0 cm³/mol. The molecule has 0 aromatic rings. The fraction of sp³-hybridized carbons (Fsp3) is 0.727. The normalized spacial score (nSPS) is 23.1. The van der Waals surface area contributed by atoms with Crippen LogP contribution in [0.15, 0.2) is 12.2 Å². The van der Waals surface area contributed by atoms with Crippen molar-refractivity contribution in [1.29, 1.82) is 0 Å². The maximum atomic E-state index is 11.6. The first-order valence-electron chi connectivity index (χ1n) is 5.28. The van der Waals surface area contributed by atoms with E-state index < -0.39 is 0 Å². The fourth-order valence-electron chi connectivity index (χ4n) is 1.90. The highest BCUT2D eigenvalue weighted by atomic mass is 16.5. The minimum atomic E-state index is -0.139. The largest absolute Gasteiger partial charge is 0.465 e. The molecule has 2 unspecified atom stereocenters. The monoisotopic (exact) mass is 197 g/mol. The molecular weight excluding hydrogens is 178 g/mol. The van der Waals surface area contributed by atoms with Crippen LogP contribution in [0.5, 0.6) is 0 Å². The maximum Gasteiger partial charge on any atom is 0.323 e. The first-order chi connectivity index (χ1) is 6.79. The van der Waals surface area contributed by atoms with Gasteiger partial charge in [-0.05, 0) is 39.2 Å². The Labute approximate surface area is 85.5 Å². The molecule has 3 nitrogen and oxygen atoms in total. The van der Waals surface area contributed by atoms with E-state index in [2.05, 4.69) is 17.5 Å². The van der Waals surface area contributed by atoms with E-state index in [9.17, 15) is 4.79 Å². The summed E-state index contributed by atoms with van der Waals surface area (Å²) in [5, 5.41) is 3.05. The summed E-state index contributed by atoms with van der Waals surface area (Å²) in [5.74, 6) is 0.277. The molecule has 80 valence electrons. The number of hydrogen-bond donors (Lipinski definition) is 1. The lowest BCUT2D eigenvalue weighted by atomic mass is 9.88. The zero-order valence-electron chi connectivity index (χ0n) is 8.95. The second kappa shape index (κ2) is 5.81. The van der Waals surface area contributed by atoms with E-state index in [0.29, 0.717) is 12.5 Å². The van der Waals surface area contributed by atoms with Crippen LogP contribution < -0.4 is 5.32 Å². The zero-order chi connectivity index (χ0) is 10.4. The molecule has 0 saturated heterocycles. The Bertz CT molecular complexity index is 213. The van der Waals surface area contributed by atoms with Crippen molar-refractivity contribution >= 4 is 5.97 Å². The SMILES string of the molecule is CCOC(=O)C(NC)C1CC=CCC1. The molecule has 1 rings (SSSR count). The Morgan fingerprint density at radius 3 is 2.93 bits per heavy atom. The Morgan fingerprint density at radius 1 is 1.64 bits per heavy atom. The maximum absolute atomic E-state index is 11.6. The van der Waals surface area contributed by atoms with Gasteiger partial charge in [-0.15, -0.1) is 0 Å². The number of rotatable bonds is 4. The number of carbonyl (C=O) groups excluding carboxylic acids is 1. The van der Waals surface area contributed by atoms with Crippen LogP contribution in [-0.4, -0.2) is 25.7 Å². The van der Waals surface area contributed by atoms with Crippen molar-refractivity contribution in [3.05, 3.63) is 12.2 Å². The van der Waals surface area contributed by atoms with E-state index in [1.54, 1.807) is 0 Å². The minimum absolute atomic E-state index is 0.115. The molecule has 0 saturated carbocycles. The van der Waals surface area contributed by atoms with Gasteiger partial charge in [-0.3, -0.25) is 4.79 Å². The van der Waals surface area contributed by atoms with Gasteiger partial charge in [-0.1, -0.05) is 12.2 Å². The Hall–Kier alpha value is -0.830. The van der Waals surface area contributed by atoms with Gasteiger partial charge in [0.1, 0.15) is 6.04 Å². The highest BCUT2D eigenvalue weighted by Gasteiger charge is 2.27. The molecule has 0 amide bonds. The third kappa shape index (κ3) is 2.84. The summed E-state index contributed by atoms with van der Waals surface area (Å²) in [6, 6.07) is -0.139. The summed E-state index contributed by atoms with van der Waals surface area (Å²) in [6.07, 6.45) is 7.44. The second-order valence-corrected chi connectivity index (χ2v) is 3.56. The molecule has 1 aliphatic carbocycles. The van der Waals surface area contributed by atoms with Gasteiger partial charge in [0.2, 0.25) is 0 Å². The summed E-state index contributed by atoms with van der Waals surface area (Å²) in [4.78, 5) is 11.6. The lowest BCUT2D eigenvalue weighted by Crippen LogP contribution is -2.42. The summed E-state index contributed by atoms with van der Waals surface area (Å²) >= 11 is 0. The smallest absolute Gasteiger partial charge is 0.323 e. The second-order valence-electron chi connectivity index (χ2n) is 3.56. The van der Waals surface area contributed by atoms with Crippen molar-refractivity contribution < 1.29 is 9.53 Å². The summed E-state index contributed by atoms with van der Waals surface area (Å²) in [5.41, 5.74) is 0. The Morgan fingerprint density at radius 2 is 2.43 bits per heavy atom. The minimum Gasteiger partial charge on any atom is -0.465 e. The quantitative estimate of drug-likeness (QED) is 0.548. The van der Waals surface area contributed by atoms with Crippen LogP contribution in [0.2, 0.25) is 0 Å². The third-order valence-corrected chi connectivity index (χ3v) is 2.63. The number of likely N-dealkylation sites (N-methyl/N-ethyl adjacent to an activating group) is 1. The number of allylic oxidation sites excluding steroid dienone is 2. The van der Waals surface area contributed by atoms with E-state index >= 15 is 0 Å². The van der Waals surface area contributed by atoms with Crippen LogP contribution in [-0.2, 0) is 9.53 Å². The highest BCUT2D eigenvalue weighted by Crippen LogP contribution is 2.22. The summed E-state index contributed by atoms with van der Waals surface area (Å²) in [6.45, 7) is 2.30. The molecule has 1 aliphatic rings. The Kier molecular flexibility index (Phi) is 4.66. The van der Waals surface area contributed by atoms with Gasteiger partial charge >= 0.3 is 5.97 Å². The number of hydrogen-bond acceptors (Lipinski definition) is 3. The molecular formula is C11H19NO2. The molecule has 0 aromatic carbocycles. The van der Waals surface area contributed by atoms with Gasteiger partial charge in [0.15, 0.2) is 0 Å². The number of esters is 1. The number of ether oxygens (including phenoxy) is 1. The van der Waals surface area contributed by atoms with Gasteiger partial charge < -0.3 is 10.1 Å². The van der Waals surface area contributed by atoms with Crippen LogP contribution in [0.25, 0.3) is 0 Å². The van der Waals surface area contributed by atoms with Crippen LogP contribution >= 0.6 is 0 Å². The summed E-state index contributed by atoms with van der Waals surface area (Å²) < 4.78 is 5.02. The van der Waals surface area contributed by atoms with Crippen molar-refractivity contribution in [1.82, 2.24) is 5.32 Å². The average Bonchev–Trinajstić information content (AvgIpc) is 2.21. The van der Waals surface area contributed by atoms with Gasteiger partial charge in [-0.25, -0.2) is 0 Å². The number of nitrogens with one attached hydrogen (secondary N) is 1. The molecule has 0 spiro atoms. The topological polar surface area (TPSA) is 38.3 Å². The molecule has 3 heteroatoms. The molecule has 2 atom stereocenters. The summed E-state index contributed by atoms with van der Waals surface area (Å²) in [7, 11) is 1.82. The van der Waals surface area contributed by atoms with Gasteiger partial charge in [0.05, 0.1) is 6.61 Å². The van der Waals surface area contributed by atoms with E-state index in [0.717, 1.165) is 19.3 Å². The van der Waals surface area contributed by atoms with E-state index in [4.69, 9.17) is 4.74 Å². The lowest BCUT2D eigenvalue weighted by Gasteiger charge is -2.25. The lowest BCUT2D eigenvalue weighted by molar-refractivity contribution is -0.147. The number of carbonyl (C=O) groups is 1. The van der Waals surface area contributed by atoms with Crippen LogP contribution in [0, 0.1) is 5.92 Å². The van der Waals surface area contributed by atoms with Crippen molar-refractivity contribution in [3.63, 3.8) is 0 Å².